The Morgan fingerprint density at radius 3 is 2.47 bits per heavy atom. The second-order valence-electron chi connectivity index (χ2n) is 8.03. The molecule has 9 nitrogen and oxygen atoms in total. The summed E-state index contributed by atoms with van der Waals surface area (Å²) in [6.45, 7) is 3.72. The molecule has 1 N–H and O–H groups in total. The zero-order chi connectivity index (χ0) is 20.3. The first-order valence-electron chi connectivity index (χ1n) is 10.7. The minimum Gasteiger partial charge on any atom is -0.357 e. The molecule has 156 valence electrons. The van der Waals surface area contributed by atoms with Gasteiger partial charge in [0.15, 0.2) is 5.65 Å². The summed E-state index contributed by atoms with van der Waals surface area (Å²) in [5, 5.41) is 15.4. The van der Waals surface area contributed by atoms with Gasteiger partial charge in [-0.1, -0.05) is 0 Å². The van der Waals surface area contributed by atoms with E-state index in [9.17, 15) is 4.79 Å². The molecule has 0 spiro atoms. The number of fused-ring (bicyclic) bond motifs is 1. The van der Waals surface area contributed by atoms with Crippen LogP contribution in [0.4, 0.5) is 17.3 Å². The molecular formula is C21H26N8O. The molecule has 0 unspecified atom stereocenters. The second kappa shape index (κ2) is 8.25. The number of carbonyl (C=O) groups is 1. The highest BCUT2D eigenvalue weighted by molar-refractivity contribution is 5.92. The number of piperidine rings is 2. The Hall–Kier alpha value is -3.23. The number of nitrogens with zero attached hydrogens (tertiary/aromatic N) is 7. The third-order valence-electron chi connectivity index (χ3n) is 6.03. The number of carbonyl (C=O) groups excluding carboxylic acids is 1. The maximum atomic E-state index is 12.7. The van der Waals surface area contributed by atoms with E-state index in [0.29, 0.717) is 0 Å². The minimum atomic E-state index is 0.00154. The third kappa shape index (κ3) is 3.92. The highest BCUT2D eigenvalue weighted by Crippen LogP contribution is 2.24. The number of rotatable bonds is 4. The molecule has 0 atom stereocenters. The Morgan fingerprint density at radius 1 is 0.933 bits per heavy atom. The van der Waals surface area contributed by atoms with Crippen molar-refractivity contribution in [1.29, 1.82) is 0 Å². The van der Waals surface area contributed by atoms with Crippen LogP contribution in [0.3, 0.4) is 0 Å². The van der Waals surface area contributed by atoms with Crippen LogP contribution in [0.25, 0.3) is 5.65 Å². The molecule has 0 aromatic carbocycles. The maximum Gasteiger partial charge on any atom is 0.227 e. The molecule has 3 aromatic heterocycles. The molecular weight excluding hydrogens is 380 g/mol. The lowest BCUT2D eigenvalue weighted by Crippen LogP contribution is -2.38. The van der Waals surface area contributed by atoms with Crippen molar-refractivity contribution < 1.29 is 4.79 Å². The number of pyridine rings is 1. The summed E-state index contributed by atoms with van der Waals surface area (Å²) in [6, 6.07) is 7.84. The Morgan fingerprint density at radius 2 is 1.70 bits per heavy atom. The average molecular weight is 406 g/mol. The van der Waals surface area contributed by atoms with Gasteiger partial charge >= 0.3 is 0 Å². The van der Waals surface area contributed by atoms with Crippen molar-refractivity contribution in [3.8, 4) is 0 Å². The van der Waals surface area contributed by atoms with E-state index in [4.69, 9.17) is 0 Å². The van der Waals surface area contributed by atoms with Gasteiger partial charge in [-0.25, -0.2) is 4.98 Å². The summed E-state index contributed by atoms with van der Waals surface area (Å²) < 4.78 is 1.68. The van der Waals surface area contributed by atoms with Gasteiger partial charge in [0.05, 0.1) is 11.9 Å². The Bertz CT molecular complexity index is 1000. The lowest BCUT2D eigenvalue weighted by Gasteiger charge is -2.32. The number of aromatic nitrogens is 5. The standard InChI is InChI=1S/C21H26N8O/c30-21(24-17-4-5-18(22-14-17)27-10-2-1-3-11-27)16-8-12-28(13-9-16)20-7-6-19-25-23-15-29(19)26-20/h4-7,14-16H,1-3,8-13H2,(H,24,30). The second-order valence-corrected chi connectivity index (χ2v) is 8.03. The molecule has 0 radical (unpaired) electrons. The molecule has 5 rings (SSSR count). The van der Waals surface area contributed by atoms with Crippen LogP contribution < -0.4 is 15.1 Å². The number of nitrogens with one attached hydrogen (secondary N) is 1. The molecule has 30 heavy (non-hydrogen) atoms. The van der Waals surface area contributed by atoms with Crippen LogP contribution in [-0.2, 0) is 4.79 Å². The molecule has 5 heterocycles. The third-order valence-corrected chi connectivity index (χ3v) is 6.03. The van der Waals surface area contributed by atoms with Gasteiger partial charge in [-0.05, 0) is 56.4 Å². The van der Waals surface area contributed by atoms with Gasteiger partial charge in [0, 0.05) is 32.1 Å². The van der Waals surface area contributed by atoms with Crippen LogP contribution in [0.2, 0.25) is 0 Å². The van der Waals surface area contributed by atoms with E-state index in [2.05, 4.69) is 35.4 Å². The van der Waals surface area contributed by atoms with E-state index in [0.717, 1.165) is 62.0 Å². The molecule has 0 bridgehead atoms. The molecule has 3 aromatic rings. The van der Waals surface area contributed by atoms with Crippen LogP contribution in [0.15, 0.2) is 36.8 Å². The summed E-state index contributed by atoms with van der Waals surface area (Å²) in [4.78, 5) is 21.8. The Labute approximate surface area is 175 Å². The van der Waals surface area contributed by atoms with Gasteiger partial charge in [0.1, 0.15) is 18.0 Å². The topological polar surface area (TPSA) is 91.5 Å². The minimum absolute atomic E-state index is 0.00154. The van der Waals surface area contributed by atoms with Crippen molar-refractivity contribution in [2.24, 2.45) is 5.92 Å². The van der Waals surface area contributed by atoms with E-state index < -0.39 is 0 Å². The molecule has 2 fully saturated rings. The van der Waals surface area contributed by atoms with Crippen molar-refractivity contribution in [2.45, 2.75) is 32.1 Å². The zero-order valence-corrected chi connectivity index (χ0v) is 16.9. The van der Waals surface area contributed by atoms with Crippen LogP contribution in [0.5, 0.6) is 0 Å². The summed E-state index contributed by atoms with van der Waals surface area (Å²) in [5.74, 6) is 1.96. The smallest absolute Gasteiger partial charge is 0.227 e. The van der Waals surface area contributed by atoms with E-state index in [1.54, 1.807) is 17.0 Å². The summed E-state index contributed by atoms with van der Waals surface area (Å²) in [6.07, 6.45) is 8.72. The summed E-state index contributed by atoms with van der Waals surface area (Å²) in [5.41, 5.74) is 1.50. The predicted octanol–water partition coefficient (Wildman–Crippen LogP) is 2.36. The van der Waals surface area contributed by atoms with Crippen molar-refractivity contribution in [3.63, 3.8) is 0 Å². The monoisotopic (exact) mass is 406 g/mol. The van der Waals surface area contributed by atoms with Crippen LogP contribution in [0, 0.1) is 5.92 Å². The number of amides is 1. The van der Waals surface area contributed by atoms with Gasteiger partial charge in [-0.3, -0.25) is 4.79 Å². The summed E-state index contributed by atoms with van der Waals surface area (Å²) in [7, 11) is 0. The molecule has 0 aliphatic carbocycles. The van der Waals surface area contributed by atoms with Crippen molar-refractivity contribution >= 4 is 28.9 Å². The van der Waals surface area contributed by atoms with E-state index in [-0.39, 0.29) is 11.8 Å². The van der Waals surface area contributed by atoms with Gasteiger partial charge in [-0.15, -0.1) is 15.3 Å². The van der Waals surface area contributed by atoms with Crippen molar-refractivity contribution in [1.82, 2.24) is 24.8 Å². The number of hydrogen-bond acceptors (Lipinski definition) is 7. The molecule has 2 aliphatic rings. The number of hydrogen-bond donors (Lipinski definition) is 1. The van der Waals surface area contributed by atoms with Gasteiger partial charge in [-0.2, -0.15) is 4.52 Å². The molecule has 2 saturated heterocycles. The fraction of sp³-hybridized carbons (Fsp3) is 0.476. The average Bonchev–Trinajstić information content (AvgIpc) is 3.28. The first kappa shape index (κ1) is 18.8. The quantitative estimate of drug-likeness (QED) is 0.711. The Balaban J connectivity index is 1.15. The largest absolute Gasteiger partial charge is 0.357 e. The van der Waals surface area contributed by atoms with Crippen LogP contribution in [0.1, 0.15) is 32.1 Å². The van der Waals surface area contributed by atoms with Gasteiger partial charge in [0.25, 0.3) is 0 Å². The molecule has 9 heteroatoms. The zero-order valence-electron chi connectivity index (χ0n) is 16.9. The van der Waals surface area contributed by atoms with E-state index >= 15 is 0 Å². The molecule has 0 saturated carbocycles. The first-order valence-corrected chi connectivity index (χ1v) is 10.7. The first-order chi connectivity index (χ1) is 14.8. The molecule has 2 aliphatic heterocycles. The highest BCUT2D eigenvalue weighted by atomic mass is 16.1. The maximum absolute atomic E-state index is 12.7. The summed E-state index contributed by atoms with van der Waals surface area (Å²) >= 11 is 0. The van der Waals surface area contributed by atoms with Gasteiger partial charge in [0.2, 0.25) is 5.91 Å². The molecule has 1 amide bonds. The SMILES string of the molecule is O=C(Nc1ccc(N2CCCCC2)nc1)C1CCN(c2ccc3nncn3n2)CC1. The van der Waals surface area contributed by atoms with Crippen molar-refractivity contribution in [2.75, 3.05) is 41.3 Å². The van der Waals surface area contributed by atoms with Crippen molar-refractivity contribution in [3.05, 3.63) is 36.8 Å². The van der Waals surface area contributed by atoms with Gasteiger partial charge < -0.3 is 15.1 Å². The van der Waals surface area contributed by atoms with Crippen LogP contribution in [-0.4, -0.2) is 56.9 Å². The predicted molar refractivity (Wildman–Crippen MR) is 115 cm³/mol. The van der Waals surface area contributed by atoms with E-state index in [1.165, 1.54) is 19.3 Å². The van der Waals surface area contributed by atoms with E-state index in [1.807, 2.05) is 24.3 Å². The lowest BCUT2D eigenvalue weighted by molar-refractivity contribution is -0.120. The lowest BCUT2D eigenvalue weighted by atomic mass is 9.96. The van der Waals surface area contributed by atoms with Crippen LogP contribution >= 0.6 is 0 Å². The fourth-order valence-corrected chi connectivity index (χ4v) is 4.27. The Kier molecular flexibility index (Phi) is 5.17. The highest BCUT2D eigenvalue weighted by Gasteiger charge is 2.26. The fourth-order valence-electron chi connectivity index (χ4n) is 4.27. The number of anilines is 3. The normalized spacial score (nSPS) is 18.0.